The van der Waals surface area contributed by atoms with E-state index in [1.54, 1.807) is 4.90 Å². The second kappa shape index (κ2) is 8.41. The molecule has 3 heteroatoms. The Labute approximate surface area is 167 Å². The zero-order chi connectivity index (χ0) is 19.3. The Morgan fingerprint density at radius 3 is 2.43 bits per heavy atom. The number of amides is 1. The number of anilines is 1. The molecule has 1 amide bonds. The van der Waals surface area contributed by atoms with E-state index in [1.807, 2.05) is 30.3 Å². The zero-order valence-corrected chi connectivity index (χ0v) is 16.4. The second-order valence-corrected chi connectivity index (χ2v) is 7.53. The number of para-hydroxylation sites is 1. The van der Waals surface area contributed by atoms with Gasteiger partial charge in [-0.2, -0.15) is 0 Å². The lowest BCUT2D eigenvalue weighted by Crippen LogP contribution is -3.10. The third-order valence-electron chi connectivity index (χ3n) is 5.62. The molecule has 2 N–H and O–H groups in total. The smallest absolute Gasteiger partial charge is 0.255 e. The van der Waals surface area contributed by atoms with Gasteiger partial charge in [0.05, 0.1) is 6.54 Å². The Balaban J connectivity index is 1.39. The molecular formula is C25H27N2O+. The lowest BCUT2D eigenvalue weighted by atomic mass is 9.99. The van der Waals surface area contributed by atoms with Crippen LogP contribution in [0.15, 0.2) is 72.8 Å². The van der Waals surface area contributed by atoms with Gasteiger partial charge in [0.15, 0.2) is 0 Å². The maximum Gasteiger partial charge on any atom is 0.255 e. The Kier molecular flexibility index (Phi) is 5.54. The summed E-state index contributed by atoms with van der Waals surface area (Å²) in [5.74, 6) is -0.0494. The molecule has 0 saturated heterocycles. The van der Waals surface area contributed by atoms with Gasteiger partial charge in [-0.05, 0) is 35.7 Å². The number of quaternary nitrogens is 1. The zero-order valence-electron chi connectivity index (χ0n) is 16.4. The number of rotatable bonds is 5. The van der Waals surface area contributed by atoms with Gasteiger partial charge in [0.1, 0.15) is 13.1 Å². The van der Waals surface area contributed by atoms with Gasteiger partial charge in [-0.25, -0.2) is 0 Å². The van der Waals surface area contributed by atoms with Crippen molar-refractivity contribution in [2.24, 2.45) is 0 Å². The second-order valence-electron chi connectivity index (χ2n) is 7.53. The molecule has 3 aromatic carbocycles. The number of benzene rings is 3. The van der Waals surface area contributed by atoms with Gasteiger partial charge in [0.2, 0.25) is 0 Å². The Morgan fingerprint density at radius 1 is 0.929 bits per heavy atom. The largest absolute Gasteiger partial charge is 0.327 e. The fraction of sp³-hybridized carbons (Fsp3) is 0.240. The fourth-order valence-electron chi connectivity index (χ4n) is 4.00. The molecule has 3 nitrogen and oxygen atoms in total. The quantitative estimate of drug-likeness (QED) is 0.705. The van der Waals surface area contributed by atoms with Crippen LogP contribution in [0.1, 0.15) is 39.5 Å². The molecule has 4 rings (SSSR count). The molecule has 1 aliphatic rings. The lowest BCUT2D eigenvalue weighted by molar-refractivity contribution is -0.929. The van der Waals surface area contributed by atoms with Crippen molar-refractivity contribution in [3.63, 3.8) is 0 Å². The third kappa shape index (κ3) is 4.15. The minimum atomic E-state index is -0.0494. The summed E-state index contributed by atoms with van der Waals surface area (Å²) in [6.45, 7) is 5.33. The molecule has 0 aromatic heterocycles. The summed E-state index contributed by atoms with van der Waals surface area (Å²) >= 11 is 0. The number of hydrogen-bond acceptors (Lipinski definition) is 1. The van der Waals surface area contributed by atoms with Crippen molar-refractivity contribution in [1.29, 1.82) is 0 Å². The molecule has 1 atom stereocenters. The topological polar surface area (TPSA) is 33.5 Å². The van der Waals surface area contributed by atoms with E-state index in [1.165, 1.54) is 16.7 Å². The summed E-state index contributed by atoms with van der Waals surface area (Å²) in [5, 5.41) is 3.05. The van der Waals surface area contributed by atoms with Crippen molar-refractivity contribution in [3.8, 4) is 0 Å². The van der Waals surface area contributed by atoms with Crippen LogP contribution in [0.25, 0.3) is 0 Å². The van der Waals surface area contributed by atoms with Crippen LogP contribution >= 0.6 is 0 Å². The molecule has 0 saturated carbocycles. The summed E-state index contributed by atoms with van der Waals surface area (Å²) in [6, 6.07) is 24.8. The fourth-order valence-corrected chi connectivity index (χ4v) is 4.00. The number of nitrogens with one attached hydrogen (secondary N) is 2. The SMILES string of the molecule is CCc1ccccc1NC(=O)c1ccc(C[NH+]2CCc3ccccc3C2)cc1. The van der Waals surface area contributed by atoms with Crippen molar-refractivity contribution < 1.29 is 9.69 Å². The molecular weight excluding hydrogens is 344 g/mol. The van der Waals surface area contributed by atoms with Gasteiger partial charge in [0, 0.05) is 28.8 Å². The van der Waals surface area contributed by atoms with Crippen LogP contribution in [0.2, 0.25) is 0 Å². The van der Waals surface area contributed by atoms with Gasteiger partial charge in [-0.1, -0.05) is 61.5 Å². The Bertz CT molecular complexity index is 962. The molecule has 28 heavy (non-hydrogen) atoms. The standard InChI is InChI=1S/C25H26N2O/c1-2-20-7-5-6-10-24(20)26-25(28)22-13-11-19(12-14-22)17-27-16-15-21-8-3-4-9-23(21)18-27/h3-14H,2,15-18H2,1H3,(H,26,28)/p+1. The van der Waals surface area contributed by atoms with Crippen LogP contribution in [0, 0.1) is 0 Å². The Morgan fingerprint density at radius 2 is 1.64 bits per heavy atom. The van der Waals surface area contributed by atoms with Crippen molar-refractivity contribution in [3.05, 3.63) is 101 Å². The monoisotopic (exact) mass is 371 g/mol. The third-order valence-corrected chi connectivity index (χ3v) is 5.62. The molecule has 0 aliphatic carbocycles. The molecule has 1 aliphatic heterocycles. The maximum absolute atomic E-state index is 12.6. The first-order chi connectivity index (χ1) is 13.7. The summed E-state index contributed by atoms with van der Waals surface area (Å²) in [7, 11) is 0. The molecule has 0 radical (unpaired) electrons. The minimum absolute atomic E-state index is 0.0494. The average Bonchev–Trinajstić information content (AvgIpc) is 2.74. The van der Waals surface area contributed by atoms with Crippen LogP contribution in [-0.4, -0.2) is 12.5 Å². The molecule has 1 heterocycles. The van der Waals surface area contributed by atoms with Gasteiger partial charge in [0.25, 0.3) is 5.91 Å². The molecule has 0 fully saturated rings. The molecule has 142 valence electrons. The van der Waals surface area contributed by atoms with E-state index in [0.717, 1.165) is 43.7 Å². The highest BCUT2D eigenvalue weighted by Crippen LogP contribution is 2.17. The van der Waals surface area contributed by atoms with Crippen molar-refractivity contribution in [1.82, 2.24) is 0 Å². The van der Waals surface area contributed by atoms with Gasteiger partial charge in [-0.3, -0.25) is 4.79 Å². The van der Waals surface area contributed by atoms with Crippen LogP contribution in [0.4, 0.5) is 5.69 Å². The highest BCUT2D eigenvalue weighted by atomic mass is 16.1. The summed E-state index contributed by atoms with van der Waals surface area (Å²) in [5.41, 5.74) is 6.99. The summed E-state index contributed by atoms with van der Waals surface area (Å²) in [4.78, 5) is 14.2. The first kappa shape index (κ1) is 18.5. The lowest BCUT2D eigenvalue weighted by Gasteiger charge is -2.26. The van der Waals surface area contributed by atoms with Crippen molar-refractivity contribution in [2.75, 3.05) is 11.9 Å². The minimum Gasteiger partial charge on any atom is -0.327 e. The number of hydrogen-bond donors (Lipinski definition) is 2. The Hall–Kier alpha value is -2.91. The van der Waals surface area contributed by atoms with E-state index in [9.17, 15) is 4.79 Å². The van der Waals surface area contributed by atoms with Crippen LogP contribution < -0.4 is 10.2 Å². The highest BCUT2D eigenvalue weighted by Gasteiger charge is 2.19. The van der Waals surface area contributed by atoms with E-state index >= 15 is 0 Å². The van der Waals surface area contributed by atoms with Gasteiger partial charge < -0.3 is 10.2 Å². The normalized spacial score (nSPS) is 15.7. The van der Waals surface area contributed by atoms with E-state index in [2.05, 4.69) is 54.7 Å². The van der Waals surface area contributed by atoms with Gasteiger partial charge in [-0.15, -0.1) is 0 Å². The predicted octanol–water partition coefficient (Wildman–Crippen LogP) is 3.64. The maximum atomic E-state index is 12.6. The number of carbonyl (C=O) groups excluding carboxylic acids is 1. The van der Waals surface area contributed by atoms with E-state index in [4.69, 9.17) is 0 Å². The average molecular weight is 372 g/mol. The number of fused-ring (bicyclic) bond motifs is 1. The summed E-state index contributed by atoms with van der Waals surface area (Å²) in [6.07, 6.45) is 2.04. The molecule has 1 unspecified atom stereocenters. The predicted molar refractivity (Wildman–Crippen MR) is 114 cm³/mol. The molecule has 3 aromatic rings. The first-order valence-electron chi connectivity index (χ1n) is 10.1. The van der Waals surface area contributed by atoms with E-state index in [0.29, 0.717) is 5.56 Å². The summed E-state index contributed by atoms with van der Waals surface area (Å²) < 4.78 is 0. The van der Waals surface area contributed by atoms with E-state index in [-0.39, 0.29) is 5.91 Å². The van der Waals surface area contributed by atoms with E-state index < -0.39 is 0 Å². The highest BCUT2D eigenvalue weighted by molar-refractivity contribution is 6.04. The molecule has 0 spiro atoms. The van der Waals surface area contributed by atoms with Crippen molar-refractivity contribution >= 4 is 11.6 Å². The van der Waals surface area contributed by atoms with Crippen molar-refractivity contribution in [2.45, 2.75) is 32.9 Å². The molecule has 0 bridgehead atoms. The number of carbonyl (C=O) groups is 1. The van der Waals surface area contributed by atoms with Crippen LogP contribution in [-0.2, 0) is 25.9 Å². The van der Waals surface area contributed by atoms with Gasteiger partial charge >= 0.3 is 0 Å². The van der Waals surface area contributed by atoms with Crippen LogP contribution in [0.5, 0.6) is 0 Å². The van der Waals surface area contributed by atoms with Crippen LogP contribution in [0.3, 0.4) is 0 Å². The number of aryl methyl sites for hydroxylation is 1. The first-order valence-corrected chi connectivity index (χ1v) is 10.1.